The van der Waals surface area contributed by atoms with Gasteiger partial charge in [-0.15, -0.1) is 0 Å². The normalized spacial score (nSPS) is 30.0. The van der Waals surface area contributed by atoms with Crippen molar-refractivity contribution in [2.24, 2.45) is 10.8 Å². The Morgan fingerprint density at radius 3 is 1.77 bits per heavy atom. The van der Waals surface area contributed by atoms with Crippen LogP contribution in [0.1, 0.15) is 25.7 Å². The van der Waals surface area contributed by atoms with Crippen LogP contribution < -0.4 is 5.32 Å². The summed E-state index contributed by atoms with van der Waals surface area (Å²) >= 11 is 0. The van der Waals surface area contributed by atoms with Gasteiger partial charge in [0.2, 0.25) is 0 Å². The summed E-state index contributed by atoms with van der Waals surface area (Å²) in [5.74, 6) is 0. The molecule has 13 heavy (non-hydrogen) atoms. The molecule has 1 aliphatic carbocycles. The zero-order valence-electron chi connectivity index (χ0n) is 8.05. The maximum Gasteiger partial charge on any atom is 0.0509 e. The van der Waals surface area contributed by atoms with Crippen molar-refractivity contribution < 1.29 is 10.2 Å². The van der Waals surface area contributed by atoms with Gasteiger partial charge in [0.05, 0.1) is 13.2 Å². The first-order valence-electron chi connectivity index (χ1n) is 5.17. The molecule has 2 fully saturated rings. The van der Waals surface area contributed by atoms with Gasteiger partial charge in [0, 0.05) is 18.5 Å². The molecule has 2 aliphatic rings. The van der Waals surface area contributed by atoms with Crippen LogP contribution in [0.3, 0.4) is 0 Å². The van der Waals surface area contributed by atoms with E-state index in [0.717, 1.165) is 25.9 Å². The second-order valence-electron chi connectivity index (χ2n) is 4.92. The monoisotopic (exact) mass is 185 g/mol. The summed E-state index contributed by atoms with van der Waals surface area (Å²) in [4.78, 5) is 0. The number of nitrogens with one attached hydrogen (secondary N) is 1. The molecule has 3 heteroatoms. The number of hydrogen-bond donors (Lipinski definition) is 3. The Balaban J connectivity index is 1.94. The third-order valence-electron chi connectivity index (χ3n) is 4.04. The van der Waals surface area contributed by atoms with Crippen LogP contribution in [0.25, 0.3) is 0 Å². The SMILES string of the molecule is OCC1(CO)CCC2(CC1)CNC2. The van der Waals surface area contributed by atoms with Crippen LogP contribution in [0.2, 0.25) is 0 Å². The van der Waals surface area contributed by atoms with Crippen LogP contribution in [0.15, 0.2) is 0 Å². The Kier molecular flexibility index (Phi) is 2.34. The van der Waals surface area contributed by atoms with Gasteiger partial charge in [-0.05, 0) is 31.1 Å². The van der Waals surface area contributed by atoms with Crippen LogP contribution in [-0.4, -0.2) is 36.5 Å². The molecule has 1 saturated heterocycles. The molecule has 1 heterocycles. The van der Waals surface area contributed by atoms with E-state index in [4.69, 9.17) is 0 Å². The highest BCUT2D eigenvalue weighted by Crippen LogP contribution is 2.46. The Labute approximate surface area is 79.2 Å². The minimum absolute atomic E-state index is 0.146. The summed E-state index contributed by atoms with van der Waals surface area (Å²) < 4.78 is 0. The second kappa shape index (κ2) is 3.23. The number of aliphatic hydroxyl groups excluding tert-OH is 2. The molecule has 0 bridgehead atoms. The van der Waals surface area contributed by atoms with E-state index in [0.29, 0.717) is 5.41 Å². The molecular formula is C10H19NO2. The van der Waals surface area contributed by atoms with E-state index < -0.39 is 0 Å². The van der Waals surface area contributed by atoms with Gasteiger partial charge >= 0.3 is 0 Å². The minimum atomic E-state index is -0.166. The first-order chi connectivity index (χ1) is 6.24. The van der Waals surface area contributed by atoms with Crippen molar-refractivity contribution in [2.75, 3.05) is 26.3 Å². The maximum atomic E-state index is 9.23. The minimum Gasteiger partial charge on any atom is -0.396 e. The van der Waals surface area contributed by atoms with Crippen molar-refractivity contribution in [2.45, 2.75) is 25.7 Å². The average molecular weight is 185 g/mol. The van der Waals surface area contributed by atoms with Gasteiger partial charge in [0.15, 0.2) is 0 Å². The molecule has 0 amide bonds. The summed E-state index contributed by atoms with van der Waals surface area (Å²) in [6.07, 6.45) is 4.31. The van der Waals surface area contributed by atoms with Gasteiger partial charge in [-0.1, -0.05) is 0 Å². The summed E-state index contributed by atoms with van der Waals surface area (Å²) in [6.45, 7) is 2.57. The molecule has 0 aromatic carbocycles. The molecule has 1 saturated carbocycles. The van der Waals surface area contributed by atoms with E-state index >= 15 is 0 Å². The summed E-state index contributed by atoms with van der Waals surface area (Å²) in [7, 11) is 0. The fourth-order valence-electron chi connectivity index (χ4n) is 2.51. The van der Waals surface area contributed by atoms with Crippen LogP contribution in [0.5, 0.6) is 0 Å². The highest BCUT2D eigenvalue weighted by atomic mass is 16.3. The number of aliphatic hydroxyl groups is 2. The van der Waals surface area contributed by atoms with Crippen LogP contribution in [0, 0.1) is 10.8 Å². The van der Waals surface area contributed by atoms with Crippen LogP contribution in [-0.2, 0) is 0 Å². The molecule has 0 atom stereocenters. The van der Waals surface area contributed by atoms with Gasteiger partial charge in [-0.2, -0.15) is 0 Å². The summed E-state index contributed by atoms with van der Waals surface area (Å²) in [5, 5.41) is 21.8. The molecule has 0 radical (unpaired) electrons. The van der Waals surface area contributed by atoms with Gasteiger partial charge < -0.3 is 15.5 Å². The van der Waals surface area contributed by atoms with Gasteiger partial charge in [-0.3, -0.25) is 0 Å². The molecule has 0 unspecified atom stereocenters. The van der Waals surface area contributed by atoms with Crippen molar-refractivity contribution in [3.63, 3.8) is 0 Å². The molecule has 3 nitrogen and oxygen atoms in total. The highest BCUT2D eigenvalue weighted by Gasteiger charge is 2.45. The Bertz CT molecular complexity index is 173. The van der Waals surface area contributed by atoms with E-state index in [2.05, 4.69) is 5.32 Å². The smallest absolute Gasteiger partial charge is 0.0509 e. The van der Waals surface area contributed by atoms with Crippen molar-refractivity contribution >= 4 is 0 Å². The largest absolute Gasteiger partial charge is 0.396 e. The quantitative estimate of drug-likeness (QED) is 0.573. The van der Waals surface area contributed by atoms with Gasteiger partial charge in [0.25, 0.3) is 0 Å². The van der Waals surface area contributed by atoms with E-state index in [1.54, 1.807) is 0 Å². The van der Waals surface area contributed by atoms with Crippen molar-refractivity contribution in [3.8, 4) is 0 Å². The predicted octanol–water partition coefficient (Wildman–Crippen LogP) is 0.121. The highest BCUT2D eigenvalue weighted by molar-refractivity contribution is 4.99. The molecule has 76 valence electrons. The Morgan fingerprint density at radius 1 is 0.923 bits per heavy atom. The number of rotatable bonds is 2. The summed E-state index contributed by atoms with van der Waals surface area (Å²) in [6, 6.07) is 0. The lowest BCUT2D eigenvalue weighted by Crippen LogP contribution is -2.56. The maximum absolute atomic E-state index is 9.23. The first-order valence-corrected chi connectivity index (χ1v) is 5.17. The van der Waals surface area contributed by atoms with Gasteiger partial charge in [-0.25, -0.2) is 0 Å². The van der Waals surface area contributed by atoms with Crippen molar-refractivity contribution in [3.05, 3.63) is 0 Å². The molecule has 1 aliphatic heterocycles. The van der Waals surface area contributed by atoms with Crippen molar-refractivity contribution in [1.82, 2.24) is 5.32 Å². The molecule has 2 rings (SSSR count). The zero-order chi connectivity index (χ0) is 9.36. The fourth-order valence-corrected chi connectivity index (χ4v) is 2.51. The molecule has 0 aromatic rings. The predicted molar refractivity (Wildman–Crippen MR) is 50.4 cm³/mol. The van der Waals surface area contributed by atoms with E-state index in [1.165, 1.54) is 12.8 Å². The average Bonchev–Trinajstić information content (AvgIpc) is 2.16. The lowest BCUT2D eigenvalue weighted by Gasteiger charge is -2.50. The first kappa shape index (κ1) is 9.44. The summed E-state index contributed by atoms with van der Waals surface area (Å²) in [5.41, 5.74) is 0.356. The lowest BCUT2D eigenvalue weighted by atomic mass is 9.61. The van der Waals surface area contributed by atoms with Gasteiger partial charge in [0.1, 0.15) is 0 Å². The fraction of sp³-hybridized carbons (Fsp3) is 1.00. The van der Waals surface area contributed by atoms with Crippen LogP contribution in [0.4, 0.5) is 0 Å². The van der Waals surface area contributed by atoms with E-state index in [-0.39, 0.29) is 18.6 Å². The Morgan fingerprint density at radius 2 is 1.46 bits per heavy atom. The Hall–Kier alpha value is -0.120. The molecule has 3 N–H and O–H groups in total. The topological polar surface area (TPSA) is 52.5 Å². The standard InChI is InChI=1S/C10H19NO2/c12-7-10(8-13)3-1-9(2-4-10)5-11-6-9/h11-13H,1-8H2. The molecular weight excluding hydrogens is 166 g/mol. The van der Waals surface area contributed by atoms with Crippen molar-refractivity contribution in [1.29, 1.82) is 0 Å². The van der Waals surface area contributed by atoms with E-state index in [9.17, 15) is 10.2 Å². The molecule has 0 aromatic heterocycles. The second-order valence-corrected chi connectivity index (χ2v) is 4.92. The van der Waals surface area contributed by atoms with Crippen LogP contribution >= 0.6 is 0 Å². The lowest BCUT2D eigenvalue weighted by molar-refractivity contribution is -0.0303. The third kappa shape index (κ3) is 1.49. The third-order valence-corrected chi connectivity index (χ3v) is 4.04. The molecule has 1 spiro atoms. The zero-order valence-corrected chi connectivity index (χ0v) is 8.05. The van der Waals surface area contributed by atoms with E-state index in [1.807, 2.05) is 0 Å². The number of hydrogen-bond acceptors (Lipinski definition) is 3.